The smallest absolute Gasteiger partial charge is 0.407 e. The fourth-order valence-corrected chi connectivity index (χ4v) is 6.10. The summed E-state index contributed by atoms with van der Waals surface area (Å²) in [5.41, 5.74) is 2.51. The van der Waals surface area contributed by atoms with Crippen molar-refractivity contribution in [3.8, 4) is 17.0 Å². The molecule has 230 valence electrons. The van der Waals surface area contributed by atoms with Gasteiger partial charge in [-0.2, -0.15) is 0 Å². The van der Waals surface area contributed by atoms with Crippen LogP contribution in [0.2, 0.25) is 0 Å². The molecule has 0 saturated carbocycles. The van der Waals surface area contributed by atoms with Crippen molar-refractivity contribution in [2.45, 2.75) is 30.4 Å². The molecule has 4 aromatic rings. The van der Waals surface area contributed by atoms with Crippen LogP contribution in [0.25, 0.3) is 22.2 Å². The van der Waals surface area contributed by atoms with E-state index in [4.69, 9.17) is 9.47 Å². The molecule has 0 aliphatic carbocycles. The van der Waals surface area contributed by atoms with Crippen molar-refractivity contribution >= 4 is 44.5 Å². The Bertz CT molecular complexity index is 1810. The molecule has 3 amide bonds. The maximum atomic E-state index is 13.8. The quantitative estimate of drug-likeness (QED) is 0.160. The van der Waals surface area contributed by atoms with Gasteiger partial charge in [-0.3, -0.25) is 14.3 Å². The number of ether oxygens (including phenoxy) is 2. The molecule has 0 radical (unpaired) electrons. The van der Waals surface area contributed by atoms with Gasteiger partial charge in [0.1, 0.15) is 29.1 Å². The van der Waals surface area contributed by atoms with Crippen LogP contribution in [0, 0.1) is 5.82 Å². The first-order valence-corrected chi connectivity index (χ1v) is 15.2. The van der Waals surface area contributed by atoms with E-state index in [1.807, 2.05) is 30.3 Å². The second-order valence-corrected chi connectivity index (χ2v) is 11.6. The Morgan fingerprint density at radius 2 is 1.82 bits per heavy atom. The molecule has 1 unspecified atom stereocenters. The average Bonchev–Trinajstić information content (AvgIpc) is 3.37. The molecular weight excluding hydrogens is 593 g/mol. The number of benzene rings is 3. The summed E-state index contributed by atoms with van der Waals surface area (Å²) in [5, 5.41) is 8.10. The second-order valence-electron chi connectivity index (χ2n) is 9.98. The fourth-order valence-electron chi connectivity index (χ4n) is 4.78. The summed E-state index contributed by atoms with van der Waals surface area (Å²) in [5.74, 6) is -1.41. The SMILES string of the molecule is CNC(=O)C(CCCNC(=O)OCc1ccccc1)NC(=O)COc1ccc2c(c1)S(=O)(=O)Nc1c-2[nH]c2ccc(F)cc12. The van der Waals surface area contributed by atoms with E-state index in [1.165, 1.54) is 43.4 Å². The highest BCUT2D eigenvalue weighted by molar-refractivity contribution is 7.93. The molecular formula is C30H30FN5O7S. The third-order valence-electron chi connectivity index (χ3n) is 6.93. The normalized spacial score (nSPS) is 13.5. The number of nitrogens with one attached hydrogen (secondary N) is 5. The number of hydrogen-bond acceptors (Lipinski definition) is 7. The third-order valence-corrected chi connectivity index (χ3v) is 8.32. The zero-order valence-corrected chi connectivity index (χ0v) is 24.4. The van der Waals surface area contributed by atoms with Gasteiger partial charge >= 0.3 is 6.09 Å². The average molecular weight is 624 g/mol. The van der Waals surface area contributed by atoms with Crippen LogP contribution in [-0.4, -0.2) is 57.6 Å². The molecule has 0 fully saturated rings. The van der Waals surface area contributed by atoms with Gasteiger partial charge in [0.2, 0.25) is 5.91 Å². The molecule has 5 N–H and O–H groups in total. The van der Waals surface area contributed by atoms with Crippen LogP contribution >= 0.6 is 0 Å². The van der Waals surface area contributed by atoms with Gasteiger partial charge in [-0.25, -0.2) is 17.6 Å². The molecule has 1 aromatic heterocycles. The Hall–Kier alpha value is -5.11. The minimum absolute atomic E-state index is 0.0760. The summed E-state index contributed by atoms with van der Waals surface area (Å²) in [6.45, 7) is -0.138. The number of likely N-dealkylation sites (N-methyl/N-ethyl adjacent to an activating group) is 1. The van der Waals surface area contributed by atoms with Crippen LogP contribution in [0.4, 0.5) is 14.9 Å². The summed E-state index contributed by atoms with van der Waals surface area (Å²) in [6.07, 6.45) is 0.00131. The summed E-state index contributed by atoms with van der Waals surface area (Å²) in [7, 11) is -2.59. The lowest BCUT2D eigenvalue weighted by Crippen LogP contribution is -2.47. The van der Waals surface area contributed by atoms with Crippen molar-refractivity contribution in [2.24, 2.45) is 0 Å². The van der Waals surface area contributed by atoms with Crippen LogP contribution in [0.1, 0.15) is 18.4 Å². The van der Waals surface area contributed by atoms with Gasteiger partial charge in [-0.15, -0.1) is 0 Å². The Balaban J connectivity index is 1.15. The van der Waals surface area contributed by atoms with Crippen LogP contribution in [0.3, 0.4) is 0 Å². The number of rotatable bonds is 11. The van der Waals surface area contributed by atoms with Crippen molar-refractivity contribution in [3.63, 3.8) is 0 Å². The number of anilines is 1. The molecule has 0 bridgehead atoms. The molecule has 14 heteroatoms. The van der Waals surface area contributed by atoms with E-state index in [-0.39, 0.29) is 35.9 Å². The van der Waals surface area contributed by atoms with Crippen molar-refractivity contribution in [1.29, 1.82) is 0 Å². The molecule has 1 atom stereocenters. The molecule has 1 aliphatic rings. The molecule has 5 rings (SSSR count). The summed E-state index contributed by atoms with van der Waals surface area (Å²) in [4.78, 5) is 40.0. The van der Waals surface area contributed by atoms with Crippen LogP contribution in [0.15, 0.2) is 71.6 Å². The largest absolute Gasteiger partial charge is 0.484 e. The second kappa shape index (κ2) is 13.0. The van der Waals surface area contributed by atoms with Crippen molar-refractivity contribution in [1.82, 2.24) is 20.9 Å². The number of aromatic amines is 1. The minimum atomic E-state index is -4.03. The number of alkyl carbamates (subject to hydrolysis) is 1. The van der Waals surface area contributed by atoms with Gasteiger partial charge in [0.25, 0.3) is 15.9 Å². The number of carbonyl (C=O) groups excluding carboxylic acids is 3. The number of carbonyl (C=O) groups is 3. The van der Waals surface area contributed by atoms with E-state index in [0.717, 1.165) is 5.56 Å². The van der Waals surface area contributed by atoms with E-state index in [9.17, 15) is 27.2 Å². The third kappa shape index (κ3) is 6.92. The minimum Gasteiger partial charge on any atom is -0.484 e. The Labute approximate surface area is 252 Å². The van der Waals surface area contributed by atoms with Crippen LogP contribution < -0.4 is 25.4 Å². The van der Waals surface area contributed by atoms with Crippen molar-refractivity contribution in [2.75, 3.05) is 24.9 Å². The van der Waals surface area contributed by atoms with Crippen molar-refractivity contribution < 1.29 is 36.7 Å². The van der Waals surface area contributed by atoms with E-state index in [2.05, 4.69) is 25.7 Å². The predicted octanol–water partition coefficient (Wildman–Crippen LogP) is 3.40. The molecule has 0 saturated heterocycles. The first-order valence-electron chi connectivity index (χ1n) is 13.7. The monoisotopic (exact) mass is 623 g/mol. The number of hydrogen-bond donors (Lipinski definition) is 5. The number of aromatic nitrogens is 1. The lowest BCUT2D eigenvalue weighted by molar-refractivity contribution is -0.129. The van der Waals surface area contributed by atoms with Crippen LogP contribution in [-0.2, 0) is 31.0 Å². The molecule has 0 spiro atoms. The highest BCUT2D eigenvalue weighted by Crippen LogP contribution is 2.44. The van der Waals surface area contributed by atoms with E-state index in [1.54, 1.807) is 0 Å². The summed E-state index contributed by atoms with van der Waals surface area (Å²) < 4.78 is 53.1. The summed E-state index contributed by atoms with van der Waals surface area (Å²) >= 11 is 0. The maximum absolute atomic E-state index is 13.8. The molecule has 3 aromatic carbocycles. The van der Waals surface area contributed by atoms with Gasteiger partial charge in [0.15, 0.2) is 6.61 Å². The Morgan fingerprint density at radius 1 is 1.02 bits per heavy atom. The Kier molecular flexibility index (Phi) is 8.99. The molecule has 12 nitrogen and oxygen atoms in total. The van der Waals surface area contributed by atoms with Gasteiger partial charge in [0.05, 0.1) is 11.4 Å². The van der Waals surface area contributed by atoms with E-state index in [0.29, 0.717) is 28.6 Å². The first-order chi connectivity index (χ1) is 21.1. The molecule has 2 heterocycles. The van der Waals surface area contributed by atoms with Crippen LogP contribution in [0.5, 0.6) is 5.75 Å². The maximum Gasteiger partial charge on any atom is 0.407 e. The van der Waals surface area contributed by atoms with Gasteiger partial charge in [-0.05, 0) is 48.7 Å². The zero-order valence-electron chi connectivity index (χ0n) is 23.6. The standard InChI is InChI=1S/C30H30FN5O7S/c1-32-29(38)24(8-5-13-33-30(39)43-16-18-6-3-2-4-7-18)34-26(37)17-42-20-10-11-21-25(15-20)44(40,41)36-28-22-14-19(31)9-12-23(22)35-27(21)28/h2-4,6-7,9-12,14-15,24,35-36H,5,8,13,16-17H2,1H3,(H,32,38)(H,33,39)(H,34,37). The van der Waals surface area contributed by atoms with E-state index >= 15 is 0 Å². The first kappa shape index (κ1) is 30.4. The predicted molar refractivity (Wildman–Crippen MR) is 160 cm³/mol. The van der Waals surface area contributed by atoms with Crippen molar-refractivity contribution in [3.05, 3.63) is 78.1 Å². The molecule has 1 aliphatic heterocycles. The number of amides is 3. The lowest BCUT2D eigenvalue weighted by atomic mass is 10.1. The summed E-state index contributed by atoms with van der Waals surface area (Å²) in [6, 6.07) is 16.7. The Morgan fingerprint density at radius 3 is 2.59 bits per heavy atom. The number of sulfonamides is 1. The fraction of sp³-hybridized carbons (Fsp3) is 0.233. The van der Waals surface area contributed by atoms with Gasteiger partial charge in [-0.1, -0.05) is 30.3 Å². The van der Waals surface area contributed by atoms with E-state index < -0.39 is 46.4 Å². The topological polar surface area (TPSA) is 168 Å². The highest BCUT2D eigenvalue weighted by atomic mass is 32.2. The van der Waals surface area contributed by atoms with Gasteiger partial charge in [0, 0.05) is 36.1 Å². The number of H-pyrrole nitrogens is 1. The highest BCUT2D eigenvalue weighted by Gasteiger charge is 2.31. The van der Waals surface area contributed by atoms with Gasteiger partial charge < -0.3 is 30.4 Å². The number of halogens is 1. The molecule has 44 heavy (non-hydrogen) atoms. The lowest BCUT2D eigenvalue weighted by Gasteiger charge is -2.20. The zero-order chi connectivity index (χ0) is 31.3. The number of fused-ring (bicyclic) bond motifs is 5.